The van der Waals surface area contributed by atoms with Crippen LogP contribution in [0, 0.1) is 6.92 Å². The summed E-state index contributed by atoms with van der Waals surface area (Å²) in [5.41, 5.74) is 4.96. The third-order valence-corrected chi connectivity index (χ3v) is 7.34. The summed E-state index contributed by atoms with van der Waals surface area (Å²) >= 11 is 17.0. The van der Waals surface area contributed by atoms with Gasteiger partial charge < -0.3 is 9.64 Å². The highest BCUT2D eigenvalue weighted by atomic mass is 79.9. The Morgan fingerprint density at radius 3 is 2.45 bits per heavy atom. The molecule has 0 N–H and O–H groups in total. The van der Waals surface area contributed by atoms with Gasteiger partial charge in [-0.1, -0.05) is 36.2 Å². The molecule has 3 aromatic rings. The molecule has 2 heterocycles. The monoisotopic (exact) mass is 522 g/mol. The van der Waals surface area contributed by atoms with E-state index in [9.17, 15) is 0 Å². The van der Waals surface area contributed by atoms with Gasteiger partial charge in [-0.05, 0) is 47.1 Å². The zero-order chi connectivity index (χ0) is 22.1. The van der Waals surface area contributed by atoms with E-state index >= 15 is 0 Å². The second-order valence-corrected chi connectivity index (χ2v) is 9.37. The summed E-state index contributed by atoms with van der Waals surface area (Å²) in [7, 11) is 1.61. The van der Waals surface area contributed by atoms with Gasteiger partial charge in [-0.15, -0.1) is 0 Å². The minimum atomic E-state index is 0.476. The lowest BCUT2D eigenvalue weighted by molar-refractivity contribution is 0.131. The van der Waals surface area contributed by atoms with E-state index in [2.05, 4.69) is 32.7 Å². The van der Waals surface area contributed by atoms with Crippen molar-refractivity contribution < 1.29 is 4.74 Å². The molecule has 1 saturated heterocycles. The molecule has 0 radical (unpaired) electrons. The van der Waals surface area contributed by atoms with Crippen molar-refractivity contribution in [2.45, 2.75) is 20.4 Å². The van der Waals surface area contributed by atoms with Gasteiger partial charge in [0, 0.05) is 48.3 Å². The molecule has 2 aromatic carbocycles. The van der Waals surface area contributed by atoms with Gasteiger partial charge in [0.2, 0.25) is 0 Å². The van der Waals surface area contributed by atoms with Gasteiger partial charge in [0.15, 0.2) is 0 Å². The van der Waals surface area contributed by atoms with E-state index in [0.29, 0.717) is 15.8 Å². The highest BCUT2D eigenvalue weighted by molar-refractivity contribution is 9.10. The molecule has 1 aliphatic rings. The van der Waals surface area contributed by atoms with E-state index in [1.807, 2.05) is 31.3 Å². The Balaban J connectivity index is 1.78. The molecule has 4 rings (SSSR count). The number of ether oxygens (including phenoxy) is 1. The molecule has 8 heteroatoms. The van der Waals surface area contributed by atoms with E-state index in [-0.39, 0.29) is 0 Å². The topological polar surface area (TPSA) is 41.5 Å². The fraction of sp³-hybridized carbons (Fsp3) is 0.391. The summed E-state index contributed by atoms with van der Waals surface area (Å²) in [6.45, 7) is 10.3. The maximum absolute atomic E-state index is 6.71. The standard InChI is InChI=1S/C23H25BrCl2N4O/c1-4-29-7-9-30(10-8-29)13-15-12-27-23-17(24)6-5-16(22(23)28-15)19-20(25)14(2)11-18(31-3)21(19)26/h5-6,11-12H,4,7-10,13H2,1-3H3. The fourth-order valence-electron chi connectivity index (χ4n) is 4.00. The number of methoxy groups -OCH3 is 1. The molecule has 0 aliphatic carbocycles. The first-order valence-corrected chi connectivity index (χ1v) is 11.9. The van der Waals surface area contributed by atoms with Crippen molar-refractivity contribution in [3.05, 3.63) is 50.2 Å². The van der Waals surface area contributed by atoms with Crippen molar-refractivity contribution in [1.82, 2.24) is 19.8 Å². The number of rotatable bonds is 5. The average Bonchev–Trinajstić information content (AvgIpc) is 2.78. The predicted molar refractivity (Wildman–Crippen MR) is 131 cm³/mol. The molecule has 0 unspecified atom stereocenters. The van der Waals surface area contributed by atoms with Crippen molar-refractivity contribution in [3.8, 4) is 16.9 Å². The van der Waals surface area contributed by atoms with Crippen LogP contribution >= 0.6 is 39.1 Å². The summed E-state index contributed by atoms with van der Waals surface area (Å²) in [5.74, 6) is 0.590. The number of piperazine rings is 1. The lowest BCUT2D eigenvalue weighted by Gasteiger charge is -2.33. The number of fused-ring (bicyclic) bond motifs is 1. The normalized spacial score (nSPS) is 15.5. The summed E-state index contributed by atoms with van der Waals surface area (Å²) < 4.78 is 6.36. The number of aromatic nitrogens is 2. The number of hydrogen-bond acceptors (Lipinski definition) is 5. The highest BCUT2D eigenvalue weighted by Gasteiger charge is 2.21. The number of nitrogens with zero attached hydrogens (tertiary/aromatic N) is 4. The lowest BCUT2D eigenvalue weighted by Crippen LogP contribution is -2.45. The zero-order valence-corrected chi connectivity index (χ0v) is 21.0. The Labute approximate surface area is 201 Å². The minimum absolute atomic E-state index is 0.476. The van der Waals surface area contributed by atoms with Gasteiger partial charge in [-0.3, -0.25) is 9.88 Å². The third kappa shape index (κ3) is 4.55. The molecule has 0 saturated carbocycles. The second kappa shape index (κ2) is 9.59. The Kier molecular flexibility index (Phi) is 7.04. The van der Waals surface area contributed by atoms with Crippen LogP contribution in [0.1, 0.15) is 18.2 Å². The van der Waals surface area contributed by atoms with Crippen molar-refractivity contribution in [2.75, 3.05) is 39.8 Å². The molecule has 5 nitrogen and oxygen atoms in total. The summed E-state index contributed by atoms with van der Waals surface area (Å²) in [6, 6.07) is 5.79. The molecular weight excluding hydrogens is 499 g/mol. The van der Waals surface area contributed by atoms with E-state index < -0.39 is 0 Å². The van der Waals surface area contributed by atoms with Gasteiger partial charge in [-0.2, -0.15) is 0 Å². The Bertz CT molecular complexity index is 1120. The van der Waals surface area contributed by atoms with Gasteiger partial charge in [0.05, 0.1) is 34.6 Å². The molecule has 0 bridgehead atoms. The third-order valence-electron chi connectivity index (χ3n) is 5.84. The quantitative estimate of drug-likeness (QED) is 0.421. The van der Waals surface area contributed by atoms with Gasteiger partial charge >= 0.3 is 0 Å². The maximum Gasteiger partial charge on any atom is 0.138 e. The van der Waals surface area contributed by atoms with Crippen molar-refractivity contribution >= 4 is 50.2 Å². The molecule has 1 fully saturated rings. The molecule has 1 aliphatic heterocycles. The summed E-state index contributed by atoms with van der Waals surface area (Å²) in [4.78, 5) is 14.6. The SMILES string of the molecule is CCN1CCN(Cc2cnc3c(Br)ccc(-c4c(Cl)c(C)cc(OC)c4Cl)c3n2)CC1. The van der Waals surface area contributed by atoms with E-state index in [1.54, 1.807) is 7.11 Å². The van der Waals surface area contributed by atoms with Crippen LogP contribution in [0.25, 0.3) is 22.2 Å². The van der Waals surface area contributed by atoms with Crippen LogP contribution in [-0.2, 0) is 6.54 Å². The zero-order valence-electron chi connectivity index (χ0n) is 17.9. The number of halogens is 3. The number of aryl methyl sites for hydroxylation is 1. The smallest absolute Gasteiger partial charge is 0.138 e. The first-order valence-electron chi connectivity index (χ1n) is 10.3. The Hall–Kier alpha value is -1.44. The molecule has 31 heavy (non-hydrogen) atoms. The second-order valence-electron chi connectivity index (χ2n) is 7.76. The highest BCUT2D eigenvalue weighted by Crippen LogP contribution is 2.45. The van der Waals surface area contributed by atoms with Crippen LogP contribution < -0.4 is 4.74 Å². The first kappa shape index (κ1) is 22.7. The fourth-order valence-corrected chi connectivity index (χ4v) is 5.05. The van der Waals surface area contributed by atoms with Gasteiger partial charge in [-0.25, -0.2) is 4.98 Å². The summed E-state index contributed by atoms with van der Waals surface area (Å²) in [5, 5.41) is 1.07. The van der Waals surface area contributed by atoms with Crippen LogP contribution in [-0.4, -0.2) is 59.6 Å². The van der Waals surface area contributed by atoms with Crippen molar-refractivity contribution in [3.63, 3.8) is 0 Å². The van der Waals surface area contributed by atoms with Crippen molar-refractivity contribution in [2.24, 2.45) is 0 Å². The van der Waals surface area contributed by atoms with Crippen LogP contribution in [0.4, 0.5) is 0 Å². The maximum atomic E-state index is 6.71. The largest absolute Gasteiger partial charge is 0.495 e. The number of likely N-dealkylation sites (N-methyl/N-ethyl adjacent to an activating group) is 1. The minimum Gasteiger partial charge on any atom is -0.495 e. The van der Waals surface area contributed by atoms with Crippen molar-refractivity contribution in [1.29, 1.82) is 0 Å². The van der Waals surface area contributed by atoms with Crippen LogP contribution in [0.5, 0.6) is 5.75 Å². The van der Waals surface area contributed by atoms with E-state index in [0.717, 1.165) is 77.2 Å². The molecule has 0 amide bonds. The van der Waals surface area contributed by atoms with Crippen LogP contribution in [0.15, 0.2) is 28.9 Å². The predicted octanol–water partition coefficient (Wildman–Crippen LogP) is 5.82. The first-order chi connectivity index (χ1) is 14.9. The van der Waals surface area contributed by atoms with Crippen LogP contribution in [0.2, 0.25) is 10.0 Å². The Morgan fingerprint density at radius 2 is 1.77 bits per heavy atom. The Morgan fingerprint density at radius 1 is 1.06 bits per heavy atom. The van der Waals surface area contributed by atoms with E-state index in [1.165, 1.54) is 0 Å². The van der Waals surface area contributed by atoms with E-state index in [4.69, 9.17) is 37.9 Å². The van der Waals surface area contributed by atoms with Crippen LogP contribution in [0.3, 0.4) is 0 Å². The molecule has 0 spiro atoms. The summed E-state index contributed by atoms with van der Waals surface area (Å²) in [6.07, 6.45) is 1.86. The molecular formula is C23H25BrCl2N4O. The molecule has 164 valence electrons. The molecule has 1 aromatic heterocycles. The average molecular weight is 524 g/mol. The van der Waals surface area contributed by atoms with Gasteiger partial charge in [0.1, 0.15) is 11.3 Å². The molecule has 0 atom stereocenters. The number of benzene rings is 2. The lowest BCUT2D eigenvalue weighted by atomic mass is 10.0. The number of hydrogen-bond donors (Lipinski definition) is 0. The van der Waals surface area contributed by atoms with Gasteiger partial charge in [0.25, 0.3) is 0 Å².